The Balaban J connectivity index is 2.24. The maximum Gasteiger partial charge on any atom is 0.158 e. The zero-order chi connectivity index (χ0) is 13.5. The molecule has 0 heterocycles. The third-order valence-corrected chi connectivity index (χ3v) is 4.69. The molecule has 1 fully saturated rings. The molecule has 0 spiro atoms. The lowest BCUT2D eigenvalue weighted by atomic mass is 9.59. The molecule has 0 amide bonds. The summed E-state index contributed by atoms with van der Waals surface area (Å²) in [7, 11) is 0. The van der Waals surface area contributed by atoms with Crippen LogP contribution in [0.1, 0.15) is 44.6 Å². The molecule has 98 valence electrons. The van der Waals surface area contributed by atoms with E-state index >= 15 is 0 Å². The standard InChI is InChI=1S/C17H18O2/c1-12-14-8-5-9-16(19)17(14,11-10-15(12)18)13-6-3-2-4-7-13/h2-4,6-7H,5,8-11H2,1H3/t17-/m0/s1. The molecule has 0 unspecified atom stereocenters. The highest BCUT2D eigenvalue weighted by Gasteiger charge is 2.48. The number of allylic oxidation sites excluding steroid dienone is 2. The predicted octanol–water partition coefficient (Wildman–Crippen LogP) is 3.36. The van der Waals surface area contributed by atoms with E-state index in [-0.39, 0.29) is 5.78 Å². The largest absolute Gasteiger partial charge is 0.298 e. The van der Waals surface area contributed by atoms with E-state index in [1.54, 1.807) is 0 Å². The number of ketones is 2. The Kier molecular flexibility index (Phi) is 2.89. The maximum atomic E-state index is 12.7. The maximum absolute atomic E-state index is 12.7. The van der Waals surface area contributed by atoms with Gasteiger partial charge in [0.2, 0.25) is 0 Å². The minimum atomic E-state index is -0.502. The molecular weight excluding hydrogens is 236 g/mol. The number of hydrogen-bond donors (Lipinski definition) is 0. The van der Waals surface area contributed by atoms with Crippen LogP contribution in [0.15, 0.2) is 41.5 Å². The molecular formula is C17H18O2. The molecule has 0 aliphatic heterocycles. The monoisotopic (exact) mass is 254 g/mol. The summed E-state index contributed by atoms with van der Waals surface area (Å²) in [5.74, 6) is 0.517. The second kappa shape index (κ2) is 4.44. The van der Waals surface area contributed by atoms with Gasteiger partial charge in [-0.1, -0.05) is 30.3 Å². The molecule has 0 saturated heterocycles. The Morgan fingerprint density at radius 2 is 1.74 bits per heavy atom. The fraction of sp³-hybridized carbons (Fsp3) is 0.412. The van der Waals surface area contributed by atoms with E-state index in [0.717, 1.165) is 29.6 Å². The quantitative estimate of drug-likeness (QED) is 0.770. The van der Waals surface area contributed by atoms with Crippen molar-refractivity contribution in [2.45, 2.75) is 44.4 Å². The van der Waals surface area contributed by atoms with E-state index in [1.165, 1.54) is 0 Å². The van der Waals surface area contributed by atoms with Crippen molar-refractivity contribution in [1.82, 2.24) is 0 Å². The molecule has 2 nitrogen and oxygen atoms in total. The highest BCUT2D eigenvalue weighted by atomic mass is 16.1. The number of carbonyl (C=O) groups excluding carboxylic acids is 2. The molecule has 0 aromatic heterocycles. The Morgan fingerprint density at radius 3 is 2.47 bits per heavy atom. The van der Waals surface area contributed by atoms with Gasteiger partial charge in [0.1, 0.15) is 5.78 Å². The summed E-state index contributed by atoms with van der Waals surface area (Å²) in [4.78, 5) is 24.6. The van der Waals surface area contributed by atoms with Crippen LogP contribution in [0, 0.1) is 0 Å². The van der Waals surface area contributed by atoms with Gasteiger partial charge in [0.05, 0.1) is 5.41 Å². The van der Waals surface area contributed by atoms with E-state index in [2.05, 4.69) is 0 Å². The Morgan fingerprint density at radius 1 is 1.00 bits per heavy atom. The molecule has 0 N–H and O–H groups in total. The van der Waals surface area contributed by atoms with Crippen LogP contribution in [0.2, 0.25) is 0 Å². The normalized spacial score (nSPS) is 27.4. The van der Waals surface area contributed by atoms with Gasteiger partial charge in [-0.2, -0.15) is 0 Å². The van der Waals surface area contributed by atoms with Crippen molar-refractivity contribution in [3.05, 3.63) is 47.0 Å². The van der Waals surface area contributed by atoms with E-state index < -0.39 is 5.41 Å². The molecule has 1 aromatic carbocycles. The SMILES string of the molecule is CC1=C2CCCC(=O)[C@]2(c2ccccc2)CCC1=O. The molecule has 0 bridgehead atoms. The summed E-state index contributed by atoms with van der Waals surface area (Å²) in [5.41, 5.74) is 2.49. The fourth-order valence-electron chi connectivity index (χ4n) is 3.68. The third-order valence-electron chi connectivity index (χ3n) is 4.69. The first-order chi connectivity index (χ1) is 9.16. The van der Waals surface area contributed by atoms with Gasteiger partial charge >= 0.3 is 0 Å². The smallest absolute Gasteiger partial charge is 0.158 e. The van der Waals surface area contributed by atoms with E-state index in [0.29, 0.717) is 25.0 Å². The molecule has 1 atom stereocenters. The molecule has 1 saturated carbocycles. The van der Waals surface area contributed by atoms with Crippen molar-refractivity contribution in [2.75, 3.05) is 0 Å². The van der Waals surface area contributed by atoms with Gasteiger partial charge in [0.15, 0.2) is 5.78 Å². The second-order valence-electron chi connectivity index (χ2n) is 5.57. The van der Waals surface area contributed by atoms with E-state index in [9.17, 15) is 9.59 Å². The van der Waals surface area contributed by atoms with Gasteiger partial charge < -0.3 is 0 Å². The Bertz CT molecular complexity index is 568. The van der Waals surface area contributed by atoms with Crippen LogP contribution in [-0.2, 0) is 15.0 Å². The predicted molar refractivity (Wildman–Crippen MR) is 73.9 cm³/mol. The van der Waals surface area contributed by atoms with E-state index in [1.807, 2.05) is 37.3 Å². The molecule has 0 radical (unpaired) electrons. The highest BCUT2D eigenvalue weighted by molar-refractivity contribution is 6.04. The Hall–Kier alpha value is -1.70. The lowest BCUT2D eigenvalue weighted by Crippen LogP contribution is -2.44. The van der Waals surface area contributed by atoms with Crippen molar-refractivity contribution in [2.24, 2.45) is 0 Å². The first kappa shape index (κ1) is 12.3. The summed E-state index contributed by atoms with van der Waals surface area (Å²) < 4.78 is 0. The van der Waals surface area contributed by atoms with Crippen molar-refractivity contribution in [3.63, 3.8) is 0 Å². The molecule has 2 aliphatic rings. The number of carbonyl (C=O) groups is 2. The minimum Gasteiger partial charge on any atom is -0.298 e. The van der Waals surface area contributed by atoms with Gasteiger partial charge in [-0.3, -0.25) is 9.59 Å². The first-order valence-electron chi connectivity index (χ1n) is 6.98. The van der Waals surface area contributed by atoms with Gasteiger partial charge in [0, 0.05) is 12.8 Å². The molecule has 2 heteroatoms. The lowest BCUT2D eigenvalue weighted by Gasteiger charge is -2.42. The molecule has 1 aromatic rings. The van der Waals surface area contributed by atoms with Crippen LogP contribution in [-0.4, -0.2) is 11.6 Å². The number of benzene rings is 1. The highest BCUT2D eigenvalue weighted by Crippen LogP contribution is 2.48. The number of rotatable bonds is 1. The van der Waals surface area contributed by atoms with Gasteiger partial charge in [0.25, 0.3) is 0 Å². The van der Waals surface area contributed by atoms with Gasteiger partial charge in [-0.15, -0.1) is 0 Å². The average Bonchev–Trinajstić information content (AvgIpc) is 2.45. The topological polar surface area (TPSA) is 34.1 Å². The second-order valence-corrected chi connectivity index (χ2v) is 5.57. The van der Waals surface area contributed by atoms with Gasteiger partial charge in [-0.05, 0) is 42.9 Å². The lowest BCUT2D eigenvalue weighted by molar-refractivity contribution is -0.126. The summed E-state index contributed by atoms with van der Waals surface area (Å²) in [6.07, 6.45) is 3.56. The van der Waals surface area contributed by atoms with Crippen LogP contribution >= 0.6 is 0 Å². The minimum absolute atomic E-state index is 0.219. The molecule has 19 heavy (non-hydrogen) atoms. The summed E-state index contributed by atoms with van der Waals surface area (Å²) in [6.45, 7) is 1.90. The van der Waals surface area contributed by atoms with Crippen molar-refractivity contribution >= 4 is 11.6 Å². The third kappa shape index (κ3) is 1.70. The summed E-state index contributed by atoms with van der Waals surface area (Å²) in [5, 5.41) is 0. The van der Waals surface area contributed by atoms with Crippen LogP contribution in [0.25, 0.3) is 0 Å². The van der Waals surface area contributed by atoms with Crippen molar-refractivity contribution in [1.29, 1.82) is 0 Å². The zero-order valence-corrected chi connectivity index (χ0v) is 11.2. The number of hydrogen-bond acceptors (Lipinski definition) is 2. The fourth-order valence-corrected chi connectivity index (χ4v) is 3.68. The summed E-state index contributed by atoms with van der Waals surface area (Å²) in [6, 6.07) is 10.0. The van der Waals surface area contributed by atoms with Gasteiger partial charge in [-0.25, -0.2) is 0 Å². The average molecular weight is 254 g/mol. The van der Waals surface area contributed by atoms with Crippen LogP contribution in [0.4, 0.5) is 0 Å². The number of Topliss-reactive ketones (excluding diaryl/α,β-unsaturated/α-hetero) is 2. The van der Waals surface area contributed by atoms with E-state index in [4.69, 9.17) is 0 Å². The molecule has 3 rings (SSSR count). The zero-order valence-electron chi connectivity index (χ0n) is 11.2. The van der Waals surface area contributed by atoms with Crippen LogP contribution in [0.5, 0.6) is 0 Å². The van der Waals surface area contributed by atoms with Crippen LogP contribution in [0.3, 0.4) is 0 Å². The molecule has 2 aliphatic carbocycles. The number of fused-ring (bicyclic) bond motifs is 1. The summed E-state index contributed by atoms with van der Waals surface area (Å²) >= 11 is 0. The van der Waals surface area contributed by atoms with Crippen molar-refractivity contribution in [3.8, 4) is 0 Å². The van der Waals surface area contributed by atoms with Crippen LogP contribution < -0.4 is 0 Å². The Labute approximate surface area is 113 Å². The first-order valence-corrected chi connectivity index (χ1v) is 6.98. The van der Waals surface area contributed by atoms with Crippen molar-refractivity contribution < 1.29 is 9.59 Å².